The number of nitrogens with zero attached hydrogens (tertiary/aromatic N) is 4. The highest BCUT2D eigenvalue weighted by Crippen LogP contribution is 2.34. The molecule has 3 aromatic rings. The maximum atomic E-state index is 5.89. The Balaban J connectivity index is 1.98. The molecule has 9 heteroatoms. The number of nitrogen functional groups attached to an aromatic ring is 1. The number of ether oxygens (including phenoxy) is 2. The second-order valence-electron chi connectivity index (χ2n) is 7.19. The summed E-state index contributed by atoms with van der Waals surface area (Å²) >= 11 is 0. The molecule has 0 radical (unpaired) electrons. The third-order valence-electron chi connectivity index (χ3n) is 5.13. The van der Waals surface area contributed by atoms with Gasteiger partial charge in [0.15, 0.2) is 11.3 Å². The van der Waals surface area contributed by atoms with Crippen LogP contribution in [0.15, 0.2) is 18.3 Å². The number of hydrogen-bond donors (Lipinski definition) is 3. The standard InChI is InChI=1S/C21H31N7O2/c1-6-7-8-24-20-19-16(25-21(22)26-20)12-28(27-19)11-15-17(29-4)9-14(13(2)23-3)10-18(15)30-5/h9-10,12-13,23H,6-8,11H2,1-5H3,(H3,22,24,25,26)/t13-/m1/s1. The quantitative estimate of drug-likeness (QED) is 0.435. The summed E-state index contributed by atoms with van der Waals surface area (Å²) in [6, 6.07) is 4.22. The minimum atomic E-state index is 0.171. The third kappa shape index (κ3) is 4.56. The first-order chi connectivity index (χ1) is 14.5. The van der Waals surface area contributed by atoms with E-state index in [0.717, 1.165) is 42.0 Å². The largest absolute Gasteiger partial charge is 0.496 e. The van der Waals surface area contributed by atoms with Gasteiger partial charge in [-0.05, 0) is 38.1 Å². The van der Waals surface area contributed by atoms with E-state index in [0.29, 0.717) is 23.4 Å². The van der Waals surface area contributed by atoms with Crippen molar-refractivity contribution in [2.24, 2.45) is 0 Å². The smallest absolute Gasteiger partial charge is 0.222 e. The van der Waals surface area contributed by atoms with Crippen LogP contribution in [0.5, 0.6) is 11.5 Å². The van der Waals surface area contributed by atoms with Crippen LogP contribution in [0.4, 0.5) is 11.8 Å². The van der Waals surface area contributed by atoms with E-state index in [4.69, 9.17) is 20.3 Å². The number of aromatic nitrogens is 4. The number of unbranched alkanes of at least 4 members (excludes halogenated alkanes) is 1. The lowest BCUT2D eigenvalue weighted by atomic mass is 10.0. The van der Waals surface area contributed by atoms with Crippen molar-refractivity contribution >= 4 is 22.8 Å². The molecule has 1 aromatic carbocycles. The molecule has 1 atom stereocenters. The molecule has 30 heavy (non-hydrogen) atoms. The van der Waals surface area contributed by atoms with E-state index in [-0.39, 0.29) is 12.0 Å². The summed E-state index contributed by atoms with van der Waals surface area (Å²) in [4.78, 5) is 8.66. The summed E-state index contributed by atoms with van der Waals surface area (Å²) in [7, 11) is 5.24. The van der Waals surface area contributed by atoms with Crippen molar-refractivity contribution in [1.29, 1.82) is 0 Å². The number of nitrogens with two attached hydrogens (primary N) is 1. The first-order valence-corrected chi connectivity index (χ1v) is 10.2. The van der Waals surface area contributed by atoms with Gasteiger partial charge in [-0.25, -0.2) is 4.98 Å². The van der Waals surface area contributed by atoms with Gasteiger partial charge in [0.2, 0.25) is 5.95 Å². The lowest BCUT2D eigenvalue weighted by Gasteiger charge is -2.18. The molecule has 0 spiro atoms. The van der Waals surface area contributed by atoms with Gasteiger partial charge in [0.05, 0.1) is 32.5 Å². The minimum Gasteiger partial charge on any atom is -0.496 e. The Kier molecular flexibility index (Phi) is 6.94. The van der Waals surface area contributed by atoms with Gasteiger partial charge >= 0.3 is 0 Å². The molecule has 0 aliphatic rings. The van der Waals surface area contributed by atoms with Crippen molar-refractivity contribution in [3.8, 4) is 11.5 Å². The monoisotopic (exact) mass is 413 g/mol. The van der Waals surface area contributed by atoms with Gasteiger partial charge in [-0.15, -0.1) is 0 Å². The van der Waals surface area contributed by atoms with Gasteiger partial charge in [-0.1, -0.05) is 13.3 Å². The molecule has 0 bridgehead atoms. The van der Waals surface area contributed by atoms with E-state index in [1.54, 1.807) is 14.2 Å². The molecular weight excluding hydrogens is 382 g/mol. The molecule has 0 amide bonds. The van der Waals surface area contributed by atoms with Crippen molar-refractivity contribution in [1.82, 2.24) is 25.1 Å². The topological polar surface area (TPSA) is 112 Å². The van der Waals surface area contributed by atoms with Gasteiger partial charge in [0.25, 0.3) is 0 Å². The molecule has 0 saturated heterocycles. The normalized spacial score (nSPS) is 12.2. The Morgan fingerprint density at radius 1 is 1.17 bits per heavy atom. The molecule has 0 fully saturated rings. The molecule has 2 aromatic heterocycles. The van der Waals surface area contributed by atoms with E-state index in [9.17, 15) is 0 Å². The Morgan fingerprint density at radius 2 is 1.87 bits per heavy atom. The Morgan fingerprint density at radius 3 is 2.47 bits per heavy atom. The second kappa shape index (κ2) is 9.62. The van der Waals surface area contributed by atoms with Crippen molar-refractivity contribution in [2.75, 3.05) is 38.9 Å². The number of fused-ring (bicyclic) bond motifs is 1. The fourth-order valence-electron chi connectivity index (χ4n) is 3.30. The zero-order chi connectivity index (χ0) is 21.7. The van der Waals surface area contributed by atoms with Crippen molar-refractivity contribution in [3.05, 3.63) is 29.5 Å². The third-order valence-corrected chi connectivity index (χ3v) is 5.13. The average Bonchev–Trinajstić information content (AvgIpc) is 3.15. The number of nitrogens with one attached hydrogen (secondary N) is 2. The fourth-order valence-corrected chi connectivity index (χ4v) is 3.30. The summed E-state index contributed by atoms with van der Waals surface area (Å²) < 4.78 is 13.1. The number of hydrogen-bond acceptors (Lipinski definition) is 8. The van der Waals surface area contributed by atoms with Crippen LogP contribution >= 0.6 is 0 Å². The van der Waals surface area contributed by atoms with Crippen molar-refractivity contribution in [2.45, 2.75) is 39.3 Å². The highest BCUT2D eigenvalue weighted by molar-refractivity contribution is 5.85. The van der Waals surface area contributed by atoms with Crippen LogP contribution in [0.1, 0.15) is 43.9 Å². The lowest BCUT2D eigenvalue weighted by Crippen LogP contribution is -2.13. The zero-order valence-corrected chi connectivity index (χ0v) is 18.3. The van der Waals surface area contributed by atoms with Gasteiger partial charge in [-0.3, -0.25) is 4.68 Å². The van der Waals surface area contributed by atoms with Crippen LogP contribution in [0.3, 0.4) is 0 Å². The molecule has 2 heterocycles. The van der Waals surface area contributed by atoms with E-state index >= 15 is 0 Å². The summed E-state index contributed by atoms with van der Waals surface area (Å²) in [5.41, 5.74) is 9.27. The molecular formula is C21H31N7O2. The van der Waals surface area contributed by atoms with E-state index < -0.39 is 0 Å². The highest BCUT2D eigenvalue weighted by Gasteiger charge is 2.18. The van der Waals surface area contributed by atoms with Crippen molar-refractivity contribution < 1.29 is 9.47 Å². The molecule has 0 aliphatic heterocycles. The molecule has 162 valence electrons. The van der Waals surface area contributed by atoms with Gasteiger partial charge in [-0.2, -0.15) is 10.1 Å². The van der Waals surface area contributed by atoms with Crippen LogP contribution in [-0.2, 0) is 6.54 Å². The van der Waals surface area contributed by atoms with Crippen LogP contribution in [0.25, 0.3) is 11.0 Å². The van der Waals surface area contributed by atoms with Crippen LogP contribution in [0.2, 0.25) is 0 Å². The fraction of sp³-hybridized carbons (Fsp3) is 0.476. The van der Waals surface area contributed by atoms with Crippen molar-refractivity contribution in [3.63, 3.8) is 0 Å². The lowest BCUT2D eigenvalue weighted by molar-refractivity contribution is 0.380. The van der Waals surface area contributed by atoms with Crippen LogP contribution in [0, 0.1) is 0 Å². The van der Waals surface area contributed by atoms with Crippen LogP contribution < -0.4 is 25.8 Å². The molecule has 0 unspecified atom stereocenters. The number of rotatable bonds is 10. The highest BCUT2D eigenvalue weighted by atomic mass is 16.5. The minimum absolute atomic E-state index is 0.171. The first-order valence-electron chi connectivity index (χ1n) is 10.2. The maximum Gasteiger partial charge on any atom is 0.222 e. The number of methoxy groups -OCH3 is 2. The predicted molar refractivity (Wildman–Crippen MR) is 119 cm³/mol. The average molecular weight is 414 g/mol. The van der Waals surface area contributed by atoms with Crippen LogP contribution in [-0.4, -0.2) is 47.6 Å². The Labute approximate surface area is 177 Å². The molecule has 0 aliphatic carbocycles. The first kappa shape index (κ1) is 21.6. The second-order valence-corrected chi connectivity index (χ2v) is 7.19. The summed E-state index contributed by atoms with van der Waals surface area (Å²) in [5, 5.41) is 11.3. The molecule has 0 saturated carbocycles. The van der Waals surface area contributed by atoms with Gasteiger partial charge < -0.3 is 25.8 Å². The zero-order valence-electron chi connectivity index (χ0n) is 18.3. The molecule has 9 nitrogen and oxygen atoms in total. The van der Waals surface area contributed by atoms with Gasteiger partial charge in [0.1, 0.15) is 17.0 Å². The van der Waals surface area contributed by atoms with E-state index in [1.807, 2.05) is 30.1 Å². The summed E-state index contributed by atoms with van der Waals surface area (Å²) in [6.45, 7) is 5.50. The number of anilines is 2. The SMILES string of the molecule is CCCCNc1nc(N)nc2cn(Cc3c(OC)cc([C@@H](C)NC)cc3OC)nc12. The maximum absolute atomic E-state index is 5.89. The molecule has 4 N–H and O–H groups in total. The summed E-state index contributed by atoms with van der Waals surface area (Å²) in [5.74, 6) is 2.37. The Hall–Kier alpha value is -3.07. The number of benzene rings is 1. The van der Waals surface area contributed by atoms with E-state index in [1.165, 1.54) is 0 Å². The Bertz CT molecular complexity index is 977. The molecule has 3 rings (SSSR count). The van der Waals surface area contributed by atoms with E-state index in [2.05, 4.69) is 34.4 Å². The summed E-state index contributed by atoms with van der Waals surface area (Å²) in [6.07, 6.45) is 3.99. The van der Waals surface area contributed by atoms with Gasteiger partial charge in [0, 0.05) is 12.6 Å². The predicted octanol–water partition coefficient (Wildman–Crippen LogP) is 2.97.